The third-order valence-electron chi connectivity index (χ3n) is 3.49. The van der Waals surface area contributed by atoms with Gasteiger partial charge in [-0.15, -0.1) is 0 Å². The highest BCUT2D eigenvalue weighted by Crippen LogP contribution is 1.97. The lowest BCUT2D eigenvalue weighted by Crippen LogP contribution is -2.24. The van der Waals surface area contributed by atoms with Gasteiger partial charge in [0.05, 0.1) is 64.6 Å². The number of carbonyl (C=O) groups excluding carboxylic acids is 2. The summed E-state index contributed by atoms with van der Waals surface area (Å²) in [6, 6.07) is 0. The van der Waals surface area contributed by atoms with Crippen LogP contribution in [0.25, 0.3) is 0 Å². The Morgan fingerprint density at radius 1 is 0.727 bits per heavy atom. The molecule has 0 aliphatic rings. The van der Waals surface area contributed by atoms with Gasteiger partial charge in [0.25, 0.3) is 0 Å². The van der Waals surface area contributed by atoms with E-state index in [0.29, 0.717) is 50.8 Å². The van der Waals surface area contributed by atoms with Gasteiger partial charge in [-0.2, -0.15) is 0 Å². The van der Waals surface area contributed by atoms with Gasteiger partial charge >= 0.3 is 11.9 Å². The van der Waals surface area contributed by atoms with Crippen LogP contribution in [-0.4, -0.2) is 99.9 Å². The summed E-state index contributed by atoms with van der Waals surface area (Å²) in [5, 5.41) is 17.6. The standard InChI is InChI=1S/C14H22O6.C9H20O4/c1-11(2)13(15)19-9-7-17-5-6-18-8-10-20-14(16)12(3)4;1-7(11)5-12-9(3)6-13-8(2)4-10/h1,3,5-10H2,2,4H3;7-11H,4-6H2,1-3H3. The maximum Gasteiger partial charge on any atom is 0.333 e. The van der Waals surface area contributed by atoms with E-state index in [1.165, 1.54) is 0 Å². The average molecular weight is 479 g/mol. The highest BCUT2D eigenvalue weighted by Gasteiger charge is 2.07. The van der Waals surface area contributed by atoms with Crippen LogP contribution >= 0.6 is 0 Å². The van der Waals surface area contributed by atoms with Crippen molar-refractivity contribution in [2.24, 2.45) is 0 Å². The fourth-order valence-electron chi connectivity index (χ4n) is 1.66. The molecule has 0 saturated heterocycles. The van der Waals surface area contributed by atoms with Crippen molar-refractivity contribution in [3.05, 3.63) is 24.3 Å². The first-order chi connectivity index (χ1) is 15.5. The van der Waals surface area contributed by atoms with Crippen molar-refractivity contribution in [3.8, 4) is 0 Å². The van der Waals surface area contributed by atoms with E-state index in [9.17, 15) is 9.59 Å². The Bertz CT molecular complexity index is 513. The van der Waals surface area contributed by atoms with Crippen molar-refractivity contribution in [3.63, 3.8) is 0 Å². The first kappa shape index (κ1) is 33.4. The Labute approximate surface area is 197 Å². The molecule has 0 amide bonds. The number of hydrogen-bond donors (Lipinski definition) is 2. The maximum atomic E-state index is 11.0. The van der Waals surface area contributed by atoms with Crippen LogP contribution in [0.4, 0.5) is 0 Å². The largest absolute Gasteiger partial charge is 0.460 e. The van der Waals surface area contributed by atoms with Crippen molar-refractivity contribution in [1.82, 2.24) is 0 Å². The molecule has 194 valence electrons. The summed E-state index contributed by atoms with van der Waals surface area (Å²) >= 11 is 0. The molecule has 0 aromatic rings. The minimum absolute atomic E-state index is 0.0170. The van der Waals surface area contributed by atoms with Gasteiger partial charge in [0.2, 0.25) is 0 Å². The zero-order valence-electron chi connectivity index (χ0n) is 20.7. The number of aliphatic hydroxyl groups excluding tert-OH is 2. The van der Waals surface area contributed by atoms with Crippen LogP contribution in [0, 0.1) is 0 Å². The second-order valence-corrected chi connectivity index (χ2v) is 7.38. The molecule has 2 N–H and O–H groups in total. The summed E-state index contributed by atoms with van der Waals surface area (Å²) in [6.07, 6.45) is -0.654. The van der Waals surface area contributed by atoms with Crippen LogP contribution < -0.4 is 0 Å². The molecule has 3 unspecified atom stereocenters. The smallest absolute Gasteiger partial charge is 0.333 e. The minimum Gasteiger partial charge on any atom is -0.460 e. The van der Waals surface area contributed by atoms with Crippen LogP contribution in [-0.2, 0) is 38.0 Å². The van der Waals surface area contributed by atoms with Crippen LogP contribution in [0.3, 0.4) is 0 Å². The maximum absolute atomic E-state index is 11.0. The molecule has 0 saturated carbocycles. The highest BCUT2D eigenvalue weighted by atomic mass is 16.6. The topological polar surface area (TPSA) is 130 Å². The van der Waals surface area contributed by atoms with E-state index in [-0.39, 0.29) is 32.0 Å². The molecule has 0 radical (unpaired) electrons. The molecule has 3 atom stereocenters. The van der Waals surface area contributed by atoms with Crippen LogP contribution in [0.2, 0.25) is 0 Å². The molecule has 10 heteroatoms. The molecule has 0 fully saturated rings. The van der Waals surface area contributed by atoms with Crippen molar-refractivity contribution in [2.75, 3.05) is 59.5 Å². The monoisotopic (exact) mass is 478 g/mol. The number of esters is 2. The number of carbonyl (C=O) groups is 2. The number of ether oxygens (including phenoxy) is 6. The van der Waals surface area contributed by atoms with Gasteiger partial charge in [0, 0.05) is 11.1 Å². The second kappa shape index (κ2) is 22.0. The Morgan fingerprint density at radius 2 is 1.12 bits per heavy atom. The van der Waals surface area contributed by atoms with E-state index in [1.54, 1.807) is 27.7 Å². The first-order valence-corrected chi connectivity index (χ1v) is 10.8. The van der Waals surface area contributed by atoms with E-state index in [0.717, 1.165) is 0 Å². The predicted molar refractivity (Wildman–Crippen MR) is 123 cm³/mol. The first-order valence-electron chi connectivity index (χ1n) is 10.8. The Kier molecular flexibility index (Phi) is 22.2. The molecule has 0 aromatic heterocycles. The van der Waals surface area contributed by atoms with Gasteiger partial charge in [-0.25, -0.2) is 9.59 Å². The lowest BCUT2D eigenvalue weighted by Gasteiger charge is -2.16. The Morgan fingerprint density at radius 3 is 1.48 bits per heavy atom. The third kappa shape index (κ3) is 24.7. The van der Waals surface area contributed by atoms with Crippen molar-refractivity contribution in [1.29, 1.82) is 0 Å². The van der Waals surface area contributed by atoms with E-state index in [4.69, 9.17) is 38.6 Å². The van der Waals surface area contributed by atoms with E-state index < -0.39 is 18.0 Å². The zero-order valence-corrected chi connectivity index (χ0v) is 20.7. The molecule has 0 aromatic carbocycles. The summed E-state index contributed by atoms with van der Waals surface area (Å²) < 4.78 is 30.5. The molecule has 10 nitrogen and oxygen atoms in total. The lowest BCUT2D eigenvalue weighted by atomic mass is 10.4. The van der Waals surface area contributed by atoms with Crippen LogP contribution in [0.1, 0.15) is 34.6 Å². The molecule has 0 spiro atoms. The average Bonchev–Trinajstić information content (AvgIpc) is 2.76. The normalized spacial score (nSPS) is 13.2. The van der Waals surface area contributed by atoms with Crippen LogP contribution in [0.5, 0.6) is 0 Å². The van der Waals surface area contributed by atoms with Gasteiger partial charge in [-0.05, 0) is 34.6 Å². The molecular weight excluding hydrogens is 436 g/mol. The van der Waals surface area contributed by atoms with E-state index in [2.05, 4.69) is 13.2 Å². The summed E-state index contributed by atoms with van der Waals surface area (Å²) in [6.45, 7) is 17.9. The Balaban J connectivity index is 0. The second-order valence-electron chi connectivity index (χ2n) is 7.38. The highest BCUT2D eigenvalue weighted by molar-refractivity contribution is 5.87. The molecule has 0 rings (SSSR count). The molecule has 0 bridgehead atoms. The minimum atomic E-state index is -0.447. The van der Waals surface area contributed by atoms with Gasteiger partial charge in [0.1, 0.15) is 13.2 Å². The fourth-order valence-corrected chi connectivity index (χ4v) is 1.66. The number of hydrogen-bond acceptors (Lipinski definition) is 10. The Hall–Kier alpha value is -1.82. The summed E-state index contributed by atoms with van der Waals surface area (Å²) in [4.78, 5) is 22.0. The lowest BCUT2D eigenvalue weighted by molar-refractivity contribution is -0.142. The summed E-state index contributed by atoms with van der Waals surface area (Å²) in [5.74, 6) is -0.853. The third-order valence-corrected chi connectivity index (χ3v) is 3.49. The summed E-state index contributed by atoms with van der Waals surface area (Å²) in [5.41, 5.74) is 0.718. The predicted octanol–water partition coefficient (Wildman–Crippen LogP) is 1.43. The van der Waals surface area contributed by atoms with Gasteiger partial charge < -0.3 is 38.6 Å². The number of aliphatic hydroxyl groups is 2. The molecule has 33 heavy (non-hydrogen) atoms. The van der Waals surface area contributed by atoms with Gasteiger partial charge in [0.15, 0.2) is 0 Å². The van der Waals surface area contributed by atoms with Gasteiger partial charge in [-0.1, -0.05) is 13.2 Å². The van der Waals surface area contributed by atoms with Crippen molar-refractivity contribution in [2.45, 2.75) is 52.9 Å². The van der Waals surface area contributed by atoms with E-state index >= 15 is 0 Å². The van der Waals surface area contributed by atoms with E-state index in [1.807, 2.05) is 6.92 Å². The van der Waals surface area contributed by atoms with Crippen LogP contribution in [0.15, 0.2) is 24.3 Å². The summed E-state index contributed by atoms with van der Waals surface area (Å²) in [7, 11) is 0. The SMILES string of the molecule is C=C(C)C(=O)OCCOCCOCCOC(=O)C(=C)C.CC(O)COC(C)COC(C)CO. The quantitative estimate of drug-likeness (QED) is 0.169. The molecule has 0 heterocycles. The molecule has 0 aliphatic carbocycles. The van der Waals surface area contributed by atoms with Gasteiger partial charge in [-0.3, -0.25) is 0 Å². The molecule has 0 aliphatic heterocycles. The van der Waals surface area contributed by atoms with Crippen molar-refractivity contribution < 1.29 is 48.2 Å². The number of rotatable bonds is 18. The molecular formula is C23H42O10. The fraction of sp³-hybridized carbons (Fsp3) is 0.739. The zero-order chi connectivity index (χ0) is 25.6. The van der Waals surface area contributed by atoms with Crippen molar-refractivity contribution >= 4 is 11.9 Å².